The number of aliphatic hydroxyl groups excluding tert-OH is 1. The van der Waals surface area contributed by atoms with E-state index in [9.17, 15) is 5.11 Å². The molecule has 1 fully saturated rings. The second-order valence-corrected chi connectivity index (χ2v) is 6.47. The Morgan fingerprint density at radius 3 is 2.68 bits per heavy atom. The quantitative estimate of drug-likeness (QED) is 0.793. The Labute approximate surface area is 116 Å². The summed E-state index contributed by atoms with van der Waals surface area (Å²) < 4.78 is 5.22. The Balaban J connectivity index is 1.79. The average Bonchev–Trinajstić information content (AvgIpc) is 2.99. The van der Waals surface area contributed by atoms with Crippen molar-refractivity contribution in [2.24, 2.45) is 11.3 Å². The van der Waals surface area contributed by atoms with Crippen LogP contribution in [0.25, 0.3) is 0 Å². The summed E-state index contributed by atoms with van der Waals surface area (Å²) >= 11 is 0. The highest BCUT2D eigenvalue weighted by Crippen LogP contribution is 2.42. The topological polar surface area (TPSA) is 45.4 Å². The van der Waals surface area contributed by atoms with E-state index < -0.39 is 6.10 Å². The van der Waals surface area contributed by atoms with Gasteiger partial charge in [0.05, 0.1) is 6.26 Å². The highest BCUT2D eigenvalue weighted by molar-refractivity contribution is 5.02. The van der Waals surface area contributed by atoms with Crippen molar-refractivity contribution in [3.63, 3.8) is 0 Å². The van der Waals surface area contributed by atoms with Gasteiger partial charge in [0.1, 0.15) is 11.9 Å². The molecule has 19 heavy (non-hydrogen) atoms. The van der Waals surface area contributed by atoms with E-state index in [4.69, 9.17) is 4.42 Å². The minimum atomic E-state index is -0.535. The molecule has 3 nitrogen and oxygen atoms in total. The average molecular weight is 265 g/mol. The van der Waals surface area contributed by atoms with Crippen LogP contribution < -0.4 is 5.32 Å². The maximum absolute atomic E-state index is 9.99. The second kappa shape index (κ2) is 6.58. The van der Waals surface area contributed by atoms with Crippen molar-refractivity contribution in [1.29, 1.82) is 0 Å². The maximum atomic E-state index is 9.99. The van der Waals surface area contributed by atoms with Crippen molar-refractivity contribution in [1.82, 2.24) is 5.32 Å². The number of hydrogen-bond donors (Lipinski definition) is 2. The smallest absolute Gasteiger partial charge is 0.133 e. The van der Waals surface area contributed by atoms with Gasteiger partial charge in [-0.1, -0.05) is 26.7 Å². The van der Waals surface area contributed by atoms with Crippen molar-refractivity contribution in [3.8, 4) is 0 Å². The zero-order valence-electron chi connectivity index (χ0n) is 12.2. The fraction of sp³-hybridized carbons (Fsp3) is 0.750. The lowest BCUT2D eigenvalue weighted by atomic mass is 9.78. The summed E-state index contributed by atoms with van der Waals surface area (Å²) in [7, 11) is 0. The first-order valence-corrected chi connectivity index (χ1v) is 7.53. The van der Waals surface area contributed by atoms with Crippen LogP contribution >= 0.6 is 0 Å². The van der Waals surface area contributed by atoms with E-state index in [-0.39, 0.29) is 0 Å². The van der Waals surface area contributed by atoms with Gasteiger partial charge >= 0.3 is 0 Å². The van der Waals surface area contributed by atoms with Gasteiger partial charge in [0.25, 0.3) is 0 Å². The Hall–Kier alpha value is -0.800. The van der Waals surface area contributed by atoms with Crippen molar-refractivity contribution in [3.05, 3.63) is 24.2 Å². The standard InChI is InChI=1S/C16H27NO2/c1-13(2)10-16(7-3-4-8-16)12-17-11-14(18)15-6-5-9-19-15/h5-6,9,13-14,17-18H,3-4,7-8,10-12H2,1-2H3. The summed E-state index contributed by atoms with van der Waals surface area (Å²) in [4.78, 5) is 0. The van der Waals surface area contributed by atoms with E-state index in [1.807, 2.05) is 12.1 Å². The molecule has 1 saturated carbocycles. The van der Waals surface area contributed by atoms with Gasteiger partial charge in [-0.2, -0.15) is 0 Å². The SMILES string of the molecule is CC(C)CC1(CNCC(O)c2ccco2)CCCC1. The van der Waals surface area contributed by atoms with Crippen molar-refractivity contribution >= 4 is 0 Å². The molecule has 1 atom stereocenters. The highest BCUT2D eigenvalue weighted by Gasteiger charge is 2.34. The van der Waals surface area contributed by atoms with E-state index in [1.54, 1.807) is 6.26 Å². The van der Waals surface area contributed by atoms with Crippen LogP contribution in [0.1, 0.15) is 57.8 Å². The second-order valence-electron chi connectivity index (χ2n) is 6.47. The molecule has 0 saturated heterocycles. The Morgan fingerprint density at radius 1 is 1.37 bits per heavy atom. The molecule has 0 spiro atoms. The van der Waals surface area contributed by atoms with E-state index in [1.165, 1.54) is 32.1 Å². The molecule has 2 N–H and O–H groups in total. The molecule has 1 aromatic heterocycles. The summed E-state index contributed by atoms with van der Waals surface area (Å²) in [6.07, 6.45) is 7.73. The van der Waals surface area contributed by atoms with E-state index in [2.05, 4.69) is 19.2 Å². The zero-order valence-corrected chi connectivity index (χ0v) is 12.2. The minimum absolute atomic E-state index is 0.455. The first kappa shape index (κ1) is 14.6. The number of hydrogen-bond acceptors (Lipinski definition) is 3. The van der Waals surface area contributed by atoms with Gasteiger partial charge in [-0.3, -0.25) is 0 Å². The Morgan fingerprint density at radius 2 is 2.11 bits per heavy atom. The van der Waals surface area contributed by atoms with E-state index in [0.717, 1.165) is 12.5 Å². The summed E-state index contributed by atoms with van der Waals surface area (Å²) in [6.45, 7) is 6.20. The number of rotatable bonds is 7. The van der Waals surface area contributed by atoms with Crippen LogP contribution in [0.3, 0.4) is 0 Å². The molecule has 1 aromatic rings. The molecule has 3 heteroatoms. The van der Waals surface area contributed by atoms with Gasteiger partial charge in [0, 0.05) is 13.1 Å². The van der Waals surface area contributed by atoms with Gasteiger partial charge in [-0.15, -0.1) is 0 Å². The molecular formula is C16H27NO2. The third kappa shape index (κ3) is 4.08. The summed E-state index contributed by atoms with van der Waals surface area (Å²) in [5.41, 5.74) is 0.455. The first-order valence-electron chi connectivity index (χ1n) is 7.53. The van der Waals surface area contributed by atoms with Crippen LogP contribution in [0.15, 0.2) is 22.8 Å². The van der Waals surface area contributed by atoms with Crippen LogP contribution in [-0.4, -0.2) is 18.2 Å². The Bertz CT molecular complexity index is 353. The lowest BCUT2D eigenvalue weighted by Gasteiger charge is -2.31. The third-order valence-electron chi connectivity index (χ3n) is 4.21. The number of furan rings is 1. The monoisotopic (exact) mass is 265 g/mol. The molecule has 1 unspecified atom stereocenters. The van der Waals surface area contributed by atoms with Gasteiger partial charge in [-0.25, -0.2) is 0 Å². The lowest BCUT2D eigenvalue weighted by Crippen LogP contribution is -2.35. The molecule has 1 heterocycles. The molecule has 1 aliphatic rings. The van der Waals surface area contributed by atoms with Gasteiger partial charge < -0.3 is 14.8 Å². The number of nitrogens with one attached hydrogen (secondary N) is 1. The van der Waals surface area contributed by atoms with Crippen LogP contribution in [0, 0.1) is 11.3 Å². The minimum Gasteiger partial charge on any atom is -0.467 e. The lowest BCUT2D eigenvalue weighted by molar-refractivity contribution is 0.136. The van der Waals surface area contributed by atoms with Gasteiger partial charge in [0.2, 0.25) is 0 Å². The van der Waals surface area contributed by atoms with Crippen LogP contribution in [0.4, 0.5) is 0 Å². The van der Waals surface area contributed by atoms with E-state index in [0.29, 0.717) is 17.7 Å². The fourth-order valence-electron chi connectivity index (χ4n) is 3.50. The van der Waals surface area contributed by atoms with Crippen LogP contribution in [-0.2, 0) is 0 Å². The summed E-state index contributed by atoms with van der Waals surface area (Å²) in [5.74, 6) is 1.40. The third-order valence-corrected chi connectivity index (χ3v) is 4.21. The predicted octanol–water partition coefficient (Wildman–Crippen LogP) is 3.51. The first-order chi connectivity index (χ1) is 9.11. The zero-order chi connectivity index (χ0) is 13.7. The molecule has 0 radical (unpaired) electrons. The molecule has 0 bridgehead atoms. The van der Waals surface area contributed by atoms with Gasteiger partial charge in [0.15, 0.2) is 0 Å². The molecule has 2 rings (SSSR count). The predicted molar refractivity (Wildman–Crippen MR) is 76.9 cm³/mol. The largest absolute Gasteiger partial charge is 0.467 e. The molecule has 108 valence electrons. The fourth-order valence-corrected chi connectivity index (χ4v) is 3.50. The molecule has 0 aliphatic heterocycles. The van der Waals surface area contributed by atoms with E-state index >= 15 is 0 Å². The molecule has 1 aliphatic carbocycles. The normalized spacial score (nSPS) is 20.0. The maximum Gasteiger partial charge on any atom is 0.133 e. The molecule has 0 aromatic carbocycles. The van der Waals surface area contributed by atoms with Crippen LogP contribution in [0.5, 0.6) is 0 Å². The van der Waals surface area contributed by atoms with Gasteiger partial charge in [-0.05, 0) is 42.7 Å². The van der Waals surface area contributed by atoms with Crippen molar-refractivity contribution in [2.45, 2.75) is 52.1 Å². The summed E-state index contributed by atoms with van der Waals surface area (Å²) in [5, 5.41) is 13.4. The molecular weight excluding hydrogens is 238 g/mol. The summed E-state index contributed by atoms with van der Waals surface area (Å²) in [6, 6.07) is 3.64. The van der Waals surface area contributed by atoms with Crippen LogP contribution in [0.2, 0.25) is 0 Å². The Kier molecular flexibility index (Phi) is 5.06. The highest BCUT2D eigenvalue weighted by atomic mass is 16.4. The molecule has 0 amide bonds. The number of aliphatic hydroxyl groups is 1. The van der Waals surface area contributed by atoms with Crippen molar-refractivity contribution < 1.29 is 9.52 Å². The van der Waals surface area contributed by atoms with Crippen molar-refractivity contribution in [2.75, 3.05) is 13.1 Å².